The van der Waals surface area contributed by atoms with Crippen molar-refractivity contribution >= 4 is 25.8 Å². The highest BCUT2D eigenvalue weighted by molar-refractivity contribution is 9.10. The summed E-state index contributed by atoms with van der Waals surface area (Å²) in [4.78, 5) is 0.314. The Morgan fingerprint density at radius 3 is 2.16 bits per heavy atom. The van der Waals surface area contributed by atoms with Crippen molar-refractivity contribution in [1.29, 1.82) is 0 Å². The molecule has 25 heavy (non-hydrogen) atoms. The Balaban J connectivity index is 1.83. The number of halogens is 1. The van der Waals surface area contributed by atoms with Crippen LogP contribution in [-0.4, -0.2) is 14.7 Å². The fourth-order valence-electron chi connectivity index (χ4n) is 2.42. The summed E-state index contributed by atoms with van der Waals surface area (Å²) in [5, 5.41) is 0. The van der Waals surface area contributed by atoms with E-state index in [1.54, 1.807) is 24.3 Å². The van der Waals surface area contributed by atoms with Gasteiger partial charge in [0.1, 0.15) is 12.4 Å². The lowest BCUT2D eigenvalue weighted by molar-refractivity contribution is 0.304. The zero-order valence-electron chi connectivity index (χ0n) is 13.6. The average Bonchev–Trinajstić information content (AvgIpc) is 2.61. The Kier molecular flexibility index (Phi) is 5.25. The van der Waals surface area contributed by atoms with Crippen LogP contribution in [0.5, 0.6) is 5.75 Å². The zero-order chi connectivity index (χ0) is 17.9. The Morgan fingerprint density at radius 2 is 1.52 bits per heavy atom. The number of sulfone groups is 1. The third-order valence-corrected chi connectivity index (χ3v) is 5.57. The van der Waals surface area contributed by atoms with E-state index in [0.29, 0.717) is 11.5 Å². The summed E-state index contributed by atoms with van der Waals surface area (Å²) in [6.07, 6.45) is 1.21. The van der Waals surface area contributed by atoms with Crippen LogP contribution >= 0.6 is 15.9 Å². The molecular formula is C20H17BrO3S. The van der Waals surface area contributed by atoms with Gasteiger partial charge in [0.15, 0.2) is 9.84 Å². The van der Waals surface area contributed by atoms with Gasteiger partial charge in [-0.2, -0.15) is 0 Å². The van der Waals surface area contributed by atoms with E-state index in [4.69, 9.17) is 4.74 Å². The predicted octanol–water partition coefficient (Wildman–Crippen LogP) is 5.10. The minimum atomic E-state index is -3.19. The smallest absolute Gasteiger partial charge is 0.175 e. The molecule has 0 aliphatic carbocycles. The van der Waals surface area contributed by atoms with Crippen molar-refractivity contribution in [1.82, 2.24) is 0 Å². The van der Waals surface area contributed by atoms with E-state index in [2.05, 4.69) is 15.9 Å². The summed E-state index contributed by atoms with van der Waals surface area (Å²) >= 11 is 3.51. The first-order valence-corrected chi connectivity index (χ1v) is 10.4. The maximum absolute atomic E-state index is 11.6. The molecule has 0 saturated heterocycles. The van der Waals surface area contributed by atoms with E-state index in [1.165, 1.54) is 6.26 Å². The summed E-state index contributed by atoms with van der Waals surface area (Å²) in [5.74, 6) is 0.744. The molecule has 0 N–H and O–H groups in total. The number of rotatable bonds is 5. The predicted molar refractivity (Wildman–Crippen MR) is 103 cm³/mol. The Hall–Kier alpha value is -2.11. The van der Waals surface area contributed by atoms with Crippen molar-refractivity contribution < 1.29 is 13.2 Å². The van der Waals surface area contributed by atoms with Crippen LogP contribution in [0.3, 0.4) is 0 Å². The van der Waals surface area contributed by atoms with Crippen LogP contribution in [0.4, 0.5) is 0 Å². The van der Waals surface area contributed by atoms with Crippen LogP contribution < -0.4 is 4.74 Å². The third kappa shape index (κ3) is 4.50. The molecule has 128 valence electrons. The van der Waals surface area contributed by atoms with Gasteiger partial charge in [-0.3, -0.25) is 0 Å². The van der Waals surface area contributed by atoms with Gasteiger partial charge in [0.05, 0.1) is 9.37 Å². The minimum absolute atomic E-state index is 0.314. The van der Waals surface area contributed by atoms with Crippen LogP contribution in [0, 0.1) is 0 Å². The number of hydrogen-bond donors (Lipinski definition) is 0. The topological polar surface area (TPSA) is 43.4 Å². The molecule has 0 heterocycles. The molecule has 3 nitrogen and oxygen atoms in total. The lowest BCUT2D eigenvalue weighted by Gasteiger charge is -2.11. The van der Waals surface area contributed by atoms with Crippen molar-refractivity contribution in [2.24, 2.45) is 0 Å². The summed E-state index contributed by atoms with van der Waals surface area (Å²) in [5.41, 5.74) is 2.99. The lowest BCUT2D eigenvalue weighted by atomic mass is 10.1. The maximum Gasteiger partial charge on any atom is 0.175 e. The molecule has 0 aliphatic rings. The lowest BCUT2D eigenvalue weighted by Crippen LogP contribution is -1.97. The largest absolute Gasteiger partial charge is 0.488 e. The van der Waals surface area contributed by atoms with E-state index in [9.17, 15) is 8.42 Å². The summed E-state index contributed by atoms with van der Waals surface area (Å²) < 4.78 is 29.9. The molecule has 3 rings (SSSR count). The number of hydrogen-bond acceptors (Lipinski definition) is 3. The van der Waals surface area contributed by atoms with E-state index in [-0.39, 0.29) is 0 Å². The van der Waals surface area contributed by atoms with Gasteiger partial charge in [-0.25, -0.2) is 8.42 Å². The molecule has 0 amide bonds. The normalized spacial score (nSPS) is 11.3. The summed E-state index contributed by atoms with van der Waals surface area (Å²) in [6.45, 7) is 0.482. The molecular weight excluding hydrogens is 400 g/mol. The molecule has 3 aromatic carbocycles. The Morgan fingerprint density at radius 1 is 0.880 bits per heavy atom. The van der Waals surface area contributed by atoms with Crippen LogP contribution in [0.1, 0.15) is 5.56 Å². The highest BCUT2D eigenvalue weighted by Crippen LogP contribution is 2.32. The van der Waals surface area contributed by atoms with Crippen LogP contribution in [0.25, 0.3) is 11.1 Å². The Labute approximate surface area is 156 Å². The fourth-order valence-corrected chi connectivity index (χ4v) is 3.41. The minimum Gasteiger partial charge on any atom is -0.488 e. The van der Waals surface area contributed by atoms with E-state index in [1.807, 2.05) is 48.5 Å². The highest BCUT2D eigenvalue weighted by Gasteiger charge is 2.09. The van der Waals surface area contributed by atoms with Crippen LogP contribution in [0.15, 0.2) is 82.2 Å². The molecule has 5 heteroatoms. The van der Waals surface area contributed by atoms with Gasteiger partial charge in [0, 0.05) is 6.26 Å². The first kappa shape index (κ1) is 17.7. The molecule has 0 unspecified atom stereocenters. The first-order chi connectivity index (χ1) is 11.9. The molecule has 0 spiro atoms. The van der Waals surface area contributed by atoms with Crippen molar-refractivity contribution in [2.75, 3.05) is 6.26 Å². The van der Waals surface area contributed by atoms with Gasteiger partial charge in [0.25, 0.3) is 0 Å². The average molecular weight is 417 g/mol. The van der Waals surface area contributed by atoms with Gasteiger partial charge < -0.3 is 4.74 Å². The monoisotopic (exact) mass is 416 g/mol. The van der Waals surface area contributed by atoms with Crippen molar-refractivity contribution in [3.8, 4) is 16.9 Å². The van der Waals surface area contributed by atoms with Gasteiger partial charge in [-0.1, -0.05) is 48.5 Å². The van der Waals surface area contributed by atoms with Gasteiger partial charge in [-0.05, 0) is 56.9 Å². The first-order valence-electron chi connectivity index (χ1n) is 7.70. The van der Waals surface area contributed by atoms with E-state index < -0.39 is 9.84 Å². The van der Waals surface area contributed by atoms with Gasteiger partial charge in [-0.15, -0.1) is 0 Å². The maximum atomic E-state index is 11.6. The number of ether oxygens (including phenoxy) is 1. The Bertz CT molecular complexity index is 966. The molecule has 0 aromatic heterocycles. The molecule has 0 atom stereocenters. The molecule has 0 fully saturated rings. The molecule has 0 aliphatic heterocycles. The molecule has 0 saturated carbocycles. The third-order valence-electron chi connectivity index (χ3n) is 3.78. The van der Waals surface area contributed by atoms with E-state index >= 15 is 0 Å². The number of benzene rings is 3. The van der Waals surface area contributed by atoms with Crippen molar-refractivity contribution in [3.63, 3.8) is 0 Å². The standard InChI is InChI=1S/C20H17BrO3S/c1-25(22,23)18-10-7-16(8-11-18)17-9-12-19(21)20(13-17)24-14-15-5-3-2-4-6-15/h2-13H,14H2,1H3. The summed E-state index contributed by atoms with van der Waals surface area (Å²) in [7, 11) is -3.19. The second kappa shape index (κ2) is 7.42. The highest BCUT2D eigenvalue weighted by atomic mass is 79.9. The fraction of sp³-hybridized carbons (Fsp3) is 0.100. The summed E-state index contributed by atoms with van der Waals surface area (Å²) in [6, 6.07) is 22.7. The van der Waals surface area contributed by atoms with Crippen molar-refractivity contribution in [3.05, 3.63) is 82.8 Å². The van der Waals surface area contributed by atoms with Crippen LogP contribution in [-0.2, 0) is 16.4 Å². The molecule has 0 radical (unpaired) electrons. The van der Waals surface area contributed by atoms with Gasteiger partial charge >= 0.3 is 0 Å². The van der Waals surface area contributed by atoms with E-state index in [0.717, 1.165) is 26.9 Å². The molecule has 3 aromatic rings. The SMILES string of the molecule is CS(=O)(=O)c1ccc(-c2ccc(Br)c(OCc3ccccc3)c2)cc1. The quantitative estimate of drug-likeness (QED) is 0.580. The van der Waals surface area contributed by atoms with Crippen molar-refractivity contribution in [2.45, 2.75) is 11.5 Å². The molecule has 0 bridgehead atoms. The zero-order valence-corrected chi connectivity index (χ0v) is 16.0. The van der Waals surface area contributed by atoms with Crippen LogP contribution in [0.2, 0.25) is 0 Å². The van der Waals surface area contributed by atoms with Gasteiger partial charge in [0.2, 0.25) is 0 Å². The second-order valence-corrected chi connectivity index (χ2v) is 8.59. The second-order valence-electron chi connectivity index (χ2n) is 5.72.